The van der Waals surface area contributed by atoms with Crippen LogP contribution in [0.15, 0.2) is 18.2 Å². The molecule has 0 saturated carbocycles. The molecule has 1 unspecified atom stereocenters. The second-order valence-electron chi connectivity index (χ2n) is 5.33. The first-order chi connectivity index (χ1) is 9.94. The van der Waals surface area contributed by atoms with Crippen molar-refractivity contribution in [2.45, 2.75) is 12.8 Å². The topological polar surface area (TPSA) is 76.6 Å². The molecule has 0 spiro atoms. The maximum atomic E-state index is 12.0. The van der Waals surface area contributed by atoms with E-state index < -0.39 is 0 Å². The van der Waals surface area contributed by atoms with Gasteiger partial charge in [0, 0.05) is 15.7 Å². The van der Waals surface area contributed by atoms with Gasteiger partial charge in [0.15, 0.2) is 6.54 Å². The second kappa shape index (κ2) is 7.11. The molecule has 1 aliphatic rings. The van der Waals surface area contributed by atoms with E-state index in [0.717, 1.165) is 24.3 Å². The summed E-state index contributed by atoms with van der Waals surface area (Å²) in [5, 5.41) is 3.71. The van der Waals surface area contributed by atoms with Gasteiger partial charge in [0.2, 0.25) is 5.91 Å². The Balaban J connectivity index is 1.90. The lowest BCUT2D eigenvalue weighted by Gasteiger charge is -2.27. The zero-order valence-corrected chi connectivity index (χ0v) is 13.0. The predicted molar refractivity (Wildman–Crippen MR) is 82.6 cm³/mol. The first-order valence-electron chi connectivity index (χ1n) is 6.83. The molecule has 1 heterocycles. The van der Waals surface area contributed by atoms with Crippen molar-refractivity contribution < 1.29 is 14.5 Å². The number of carbonyl (C=O) groups is 2. The summed E-state index contributed by atoms with van der Waals surface area (Å²) in [6.07, 6.45) is 1.71. The number of rotatable bonds is 4. The van der Waals surface area contributed by atoms with Gasteiger partial charge in [0.05, 0.1) is 19.0 Å². The Morgan fingerprint density at radius 1 is 1.29 bits per heavy atom. The van der Waals surface area contributed by atoms with E-state index in [2.05, 4.69) is 5.32 Å². The molecule has 1 aliphatic heterocycles. The minimum Gasteiger partial charge on any atom is -0.369 e. The van der Waals surface area contributed by atoms with Gasteiger partial charge in [-0.3, -0.25) is 9.59 Å². The maximum absolute atomic E-state index is 12.0. The lowest BCUT2D eigenvalue weighted by molar-refractivity contribution is -0.899. The minimum atomic E-state index is -0.283. The fourth-order valence-corrected chi connectivity index (χ4v) is 3.14. The molecule has 0 bridgehead atoms. The molecule has 7 heteroatoms. The fraction of sp³-hybridized carbons (Fsp3) is 0.429. The van der Waals surface area contributed by atoms with Crippen LogP contribution in [0.25, 0.3) is 0 Å². The van der Waals surface area contributed by atoms with Crippen LogP contribution in [0.2, 0.25) is 10.0 Å². The van der Waals surface area contributed by atoms with Gasteiger partial charge >= 0.3 is 0 Å². The number of hydrogen-bond acceptors (Lipinski definition) is 2. The Labute approximate surface area is 133 Å². The van der Waals surface area contributed by atoms with Crippen molar-refractivity contribution >= 4 is 40.7 Å². The summed E-state index contributed by atoms with van der Waals surface area (Å²) >= 11 is 11.8. The summed E-state index contributed by atoms with van der Waals surface area (Å²) in [6, 6.07) is 4.89. The number of nitrogens with one attached hydrogen (secondary N) is 2. The molecule has 1 aromatic carbocycles. The molecular formula is C14H18Cl2N3O2+. The van der Waals surface area contributed by atoms with Crippen molar-refractivity contribution in [3.63, 3.8) is 0 Å². The predicted octanol–water partition coefficient (Wildman–Crippen LogP) is 0.712. The third-order valence-electron chi connectivity index (χ3n) is 3.58. The Hall–Kier alpha value is -1.30. The number of piperidine rings is 1. The molecule has 21 heavy (non-hydrogen) atoms. The van der Waals surface area contributed by atoms with Crippen LogP contribution in [0.5, 0.6) is 0 Å². The molecule has 0 aliphatic carbocycles. The van der Waals surface area contributed by atoms with Gasteiger partial charge in [-0.2, -0.15) is 0 Å². The quantitative estimate of drug-likeness (QED) is 0.760. The van der Waals surface area contributed by atoms with E-state index in [4.69, 9.17) is 28.9 Å². The van der Waals surface area contributed by atoms with E-state index >= 15 is 0 Å². The van der Waals surface area contributed by atoms with Gasteiger partial charge in [0.1, 0.15) is 0 Å². The highest BCUT2D eigenvalue weighted by molar-refractivity contribution is 6.35. The van der Waals surface area contributed by atoms with E-state index in [0.29, 0.717) is 28.8 Å². The molecule has 4 N–H and O–H groups in total. The van der Waals surface area contributed by atoms with Gasteiger partial charge in [-0.15, -0.1) is 0 Å². The highest BCUT2D eigenvalue weighted by Gasteiger charge is 2.28. The van der Waals surface area contributed by atoms with Crippen LogP contribution in [-0.4, -0.2) is 31.4 Å². The number of primary amides is 1. The number of hydrogen-bond donors (Lipinski definition) is 3. The lowest BCUT2D eigenvalue weighted by atomic mass is 9.97. The van der Waals surface area contributed by atoms with Gasteiger partial charge in [-0.25, -0.2) is 0 Å². The third-order valence-corrected chi connectivity index (χ3v) is 4.01. The van der Waals surface area contributed by atoms with Crippen molar-refractivity contribution in [2.75, 3.05) is 25.0 Å². The molecule has 5 nitrogen and oxygen atoms in total. The van der Waals surface area contributed by atoms with Crippen LogP contribution in [0.3, 0.4) is 0 Å². The van der Waals surface area contributed by atoms with Gasteiger partial charge in [0.25, 0.3) is 5.91 Å². The Bertz CT molecular complexity index is 531. The van der Waals surface area contributed by atoms with Crippen LogP contribution in [0.1, 0.15) is 12.8 Å². The van der Waals surface area contributed by atoms with Crippen molar-refractivity contribution in [1.29, 1.82) is 0 Å². The number of quaternary nitrogens is 1. The second-order valence-corrected chi connectivity index (χ2v) is 6.20. The van der Waals surface area contributed by atoms with Crippen LogP contribution in [0, 0.1) is 5.92 Å². The molecule has 1 saturated heterocycles. The summed E-state index contributed by atoms with van der Waals surface area (Å²) < 4.78 is 0. The zero-order chi connectivity index (χ0) is 15.4. The van der Waals surface area contributed by atoms with Crippen molar-refractivity contribution in [2.24, 2.45) is 11.7 Å². The molecule has 114 valence electrons. The number of benzene rings is 1. The fourth-order valence-electron chi connectivity index (χ4n) is 2.61. The SMILES string of the molecule is NC(=O)[C@H]1CCC[NH+](CC(=O)Nc2cc(Cl)cc(Cl)c2)C1. The number of amides is 2. The standard InChI is InChI=1S/C14H17Cl2N3O2/c15-10-4-11(16)6-12(5-10)18-13(20)8-19-3-1-2-9(7-19)14(17)21/h4-6,9H,1-3,7-8H2,(H2,17,21)(H,18,20)/p+1/t9-/m0/s1. The highest BCUT2D eigenvalue weighted by Crippen LogP contribution is 2.22. The van der Waals surface area contributed by atoms with Crippen LogP contribution in [-0.2, 0) is 9.59 Å². The van der Waals surface area contributed by atoms with Crippen molar-refractivity contribution in [3.8, 4) is 0 Å². The van der Waals surface area contributed by atoms with Crippen molar-refractivity contribution in [1.82, 2.24) is 0 Å². The minimum absolute atomic E-state index is 0.131. The average Bonchev–Trinajstić information content (AvgIpc) is 2.37. The Kier molecular flexibility index (Phi) is 5.45. The van der Waals surface area contributed by atoms with E-state index in [-0.39, 0.29) is 17.7 Å². The molecule has 2 amide bonds. The smallest absolute Gasteiger partial charge is 0.279 e. The van der Waals surface area contributed by atoms with Crippen molar-refractivity contribution in [3.05, 3.63) is 28.2 Å². The lowest BCUT2D eigenvalue weighted by Crippen LogP contribution is -3.14. The molecular weight excluding hydrogens is 313 g/mol. The van der Waals surface area contributed by atoms with E-state index in [9.17, 15) is 9.59 Å². The molecule has 0 aromatic heterocycles. The normalized spacial score (nSPS) is 21.8. The first kappa shape index (κ1) is 16.1. The summed E-state index contributed by atoms with van der Waals surface area (Å²) in [4.78, 5) is 24.3. The van der Waals surface area contributed by atoms with Crippen LogP contribution >= 0.6 is 23.2 Å². The summed E-state index contributed by atoms with van der Waals surface area (Å²) in [5.41, 5.74) is 5.90. The summed E-state index contributed by atoms with van der Waals surface area (Å²) in [6.45, 7) is 1.78. The number of carbonyl (C=O) groups excluding carboxylic acids is 2. The first-order valence-corrected chi connectivity index (χ1v) is 7.58. The monoisotopic (exact) mass is 330 g/mol. The number of anilines is 1. The summed E-state index contributed by atoms with van der Waals surface area (Å²) in [7, 11) is 0. The molecule has 2 rings (SSSR count). The van der Waals surface area contributed by atoms with Gasteiger partial charge < -0.3 is 16.0 Å². The highest BCUT2D eigenvalue weighted by atomic mass is 35.5. The number of halogens is 2. The zero-order valence-electron chi connectivity index (χ0n) is 11.5. The van der Waals surface area contributed by atoms with Gasteiger partial charge in [-0.1, -0.05) is 23.2 Å². The van der Waals surface area contributed by atoms with Gasteiger partial charge in [-0.05, 0) is 31.0 Å². The Morgan fingerprint density at radius 2 is 1.95 bits per heavy atom. The van der Waals surface area contributed by atoms with E-state index in [1.807, 2.05) is 0 Å². The maximum Gasteiger partial charge on any atom is 0.279 e. The van der Waals surface area contributed by atoms with Crippen LogP contribution < -0.4 is 16.0 Å². The molecule has 2 atom stereocenters. The average molecular weight is 331 g/mol. The van der Waals surface area contributed by atoms with Crippen LogP contribution in [0.4, 0.5) is 5.69 Å². The summed E-state index contributed by atoms with van der Waals surface area (Å²) in [5.74, 6) is -0.551. The number of nitrogens with two attached hydrogens (primary N) is 1. The Morgan fingerprint density at radius 3 is 2.57 bits per heavy atom. The number of likely N-dealkylation sites (tertiary alicyclic amines) is 1. The largest absolute Gasteiger partial charge is 0.369 e. The van der Waals surface area contributed by atoms with E-state index in [1.165, 1.54) is 0 Å². The van der Waals surface area contributed by atoms with E-state index in [1.54, 1.807) is 18.2 Å². The molecule has 1 aromatic rings. The molecule has 0 radical (unpaired) electrons. The molecule has 1 fully saturated rings. The third kappa shape index (κ3) is 4.88.